The number of carbonyl (C=O) groups is 1. The van der Waals surface area contributed by atoms with E-state index in [9.17, 15) is 9.18 Å². The van der Waals surface area contributed by atoms with Crippen molar-refractivity contribution >= 4 is 11.6 Å². The fraction of sp³-hybridized carbons (Fsp3) is 0.316. The van der Waals surface area contributed by atoms with Gasteiger partial charge in [-0.05, 0) is 43.1 Å². The van der Waals surface area contributed by atoms with Crippen LogP contribution in [0.4, 0.5) is 10.1 Å². The average molecular weight is 312 g/mol. The molecule has 0 aliphatic carbocycles. The van der Waals surface area contributed by atoms with Crippen LogP contribution in [0.5, 0.6) is 0 Å². The lowest BCUT2D eigenvalue weighted by molar-refractivity contribution is -0.121. The van der Waals surface area contributed by atoms with Crippen molar-refractivity contribution in [2.24, 2.45) is 5.92 Å². The zero-order valence-corrected chi connectivity index (χ0v) is 13.0. The summed E-state index contributed by atoms with van der Waals surface area (Å²) < 4.78 is 13.2. The first-order valence-corrected chi connectivity index (χ1v) is 8.03. The molecule has 0 bridgehead atoms. The van der Waals surface area contributed by atoms with Crippen LogP contribution in [0.3, 0.4) is 0 Å². The van der Waals surface area contributed by atoms with Gasteiger partial charge in [-0.1, -0.05) is 36.4 Å². The van der Waals surface area contributed by atoms with E-state index < -0.39 is 0 Å². The van der Waals surface area contributed by atoms with Gasteiger partial charge >= 0.3 is 0 Å². The van der Waals surface area contributed by atoms with Gasteiger partial charge in [0, 0.05) is 18.8 Å². The van der Waals surface area contributed by atoms with Crippen LogP contribution in [0.25, 0.3) is 0 Å². The first-order valence-electron chi connectivity index (χ1n) is 8.03. The normalized spacial score (nSPS) is 18.6. The number of rotatable bonds is 4. The molecule has 1 unspecified atom stereocenters. The molecule has 0 spiro atoms. The molecular weight excluding hydrogens is 291 g/mol. The van der Waals surface area contributed by atoms with Crippen LogP contribution in [0, 0.1) is 11.7 Å². The molecule has 1 saturated heterocycles. The standard InChI is InChI=1S/C19H21FN2O/c20-17-9-4-10-18(12-17)21-19(23)16-8-5-11-22(14-16)13-15-6-2-1-3-7-15/h1-4,6-7,9-10,12,16H,5,8,11,13-14H2,(H,21,23). The first-order chi connectivity index (χ1) is 11.2. The van der Waals surface area contributed by atoms with Crippen molar-refractivity contribution in [1.29, 1.82) is 0 Å². The summed E-state index contributed by atoms with van der Waals surface area (Å²) in [5, 5.41) is 2.83. The number of benzene rings is 2. The van der Waals surface area contributed by atoms with Gasteiger partial charge in [0.1, 0.15) is 5.82 Å². The highest BCUT2D eigenvalue weighted by Gasteiger charge is 2.25. The molecule has 1 aliphatic heterocycles. The second kappa shape index (κ2) is 7.38. The second-order valence-electron chi connectivity index (χ2n) is 6.06. The summed E-state index contributed by atoms with van der Waals surface area (Å²) in [6.07, 6.45) is 1.89. The Kier molecular flexibility index (Phi) is 5.03. The maximum atomic E-state index is 13.2. The van der Waals surface area contributed by atoms with E-state index in [0.29, 0.717) is 5.69 Å². The Balaban J connectivity index is 1.58. The Morgan fingerprint density at radius 3 is 2.78 bits per heavy atom. The monoisotopic (exact) mass is 312 g/mol. The van der Waals surface area contributed by atoms with Crippen molar-refractivity contribution in [3.63, 3.8) is 0 Å². The van der Waals surface area contributed by atoms with Gasteiger partial charge in [0.15, 0.2) is 0 Å². The van der Waals surface area contributed by atoms with Gasteiger partial charge < -0.3 is 5.32 Å². The largest absolute Gasteiger partial charge is 0.326 e. The summed E-state index contributed by atoms with van der Waals surface area (Å²) in [6.45, 7) is 2.62. The van der Waals surface area contributed by atoms with E-state index >= 15 is 0 Å². The van der Waals surface area contributed by atoms with Crippen LogP contribution < -0.4 is 5.32 Å². The molecule has 2 aromatic rings. The number of hydrogen-bond donors (Lipinski definition) is 1. The van der Waals surface area contributed by atoms with Crippen LogP contribution in [-0.4, -0.2) is 23.9 Å². The Morgan fingerprint density at radius 1 is 1.17 bits per heavy atom. The van der Waals surface area contributed by atoms with Gasteiger partial charge in [-0.15, -0.1) is 0 Å². The number of nitrogens with one attached hydrogen (secondary N) is 1. The van der Waals surface area contributed by atoms with Crippen LogP contribution >= 0.6 is 0 Å². The minimum absolute atomic E-state index is 0.0200. The Bertz CT molecular complexity index is 659. The van der Waals surface area contributed by atoms with Gasteiger partial charge in [0.05, 0.1) is 5.92 Å². The summed E-state index contributed by atoms with van der Waals surface area (Å²) in [7, 11) is 0. The zero-order chi connectivity index (χ0) is 16.1. The van der Waals surface area contributed by atoms with Crippen LogP contribution in [0.2, 0.25) is 0 Å². The zero-order valence-electron chi connectivity index (χ0n) is 13.0. The number of likely N-dealkylation sites (tertiary alicyclic amines) is 1. The number of anilines is 1. The van der Waals surface area contributed by atoms with Crippen molar-refractivity contribution in [3.05, 3.63) is 66.0 Å². The first kappa shape index (κ1) is 15.7. The molecule has 1 aliphatic rings. The maximum Gasteiger partial charge on any atom is 0.228 e. The van der Waals surface area contributed by atoms with Crippen LogP contribution in [0.15, 0.2) is 54.6 Å². The molecule has 1 heterocycles. The maximum absolute atomic E-state index is 13.2. The SMILES string of the molecule is O=C(Nc1cccc(F)c1)C1CCCN(Cc2ccccc2)C1. The number of carbonyl (C=O) groups excluding carboxylic acids is 1. The van der Waals surface area contributed by atoms with Gasteiger partial charge in [-0.3, -0.25) is 9.69 Å². The molecule has 3 rings (SSSR count). The number of amides is 1. The van der Waals surface area contributed by atoms with E-state index in [1.165, 1.54) is 17.7 Å². The highest BCUT2D eigenvalue weighted by molar-refractivity contribution is 5.92. The predicted molar refractivity (Wildman–Crippen MR) is 89.5 cm³/mol. The smallest absolute Gasteiger partial charge is 0.228 e. The van der Waals surface area contributed by atoms with Crippen LogP contribution in [0.1, 0.15) is 18.4 Å². The predicted octanol–water partition coefficient (Wildman–Crippen LogP) is 3.68. The van der Waals surface area contributed by atoms with Crippen molar-refractivity contribution in [2.75, 3.05) is 18.4 Å². The fourth-order valence-electron chi connectivity index (χ4n) is 3.07. The van der Waals surface area contributed by atoms with Crippen molar-refractivity contribution in [1.82, 2.24) is 4.90 Å². The summed E-state index contributed by atoms with van der Waals surface area (Å²) in [4.78, 5) is 14.7. The fourth-order valence-corrected chi connectivity index (χ4v) is 3.07. The lowest BCUT2D eigenvalue weighted by Crippen LogP contribution is -2.40. The molecule has 2 aromatic carbocycles. The van der Waals surface area contributed by atoms with Crippen LogP contribution in [-0.2, 0) is 11.3 Å². The molecule has 0 aromatic heterocycles. The second-order valence-corrected chi connectivity index (χ2v) is 6.06. The lowest BCUT2D eigenvalue weighted by atomic mass is 9.96. The summed E-state index contributed by atoms with van der Waals surface area (Å²) >= 11 is 0. The number of hydrogen-bond acceptors (Lipinski definition) is 2. The van der Waals surface area contributed by atoms with E-state index in [-0.39, 0.29) is 17.6 Å². The molecular formula is C19H21FN2O. The van der Waals surface area contributed by atoms with Crippen molar-refractivity contribution in [3.8, 4) is 0 Å². The number of halogens is 1. The van der Waals surface area contributed by atoms with E-state index in [1.54, 1.807) is 12.1 Å². The third-order valence-corrected chi connectivity index (χ3v) is 4.22. The van der Waals surface area contributed by atoms with Crippen molar-refractivity contribution in [2.45, 2.75) is 19.4 Å². The van der Waals surface area contributed by atoms with E-state index in [4.69, 9.17) is 0 Å². The van der Waals surface area contributed by atoms with Gasteiger partial charge in [0.25, 0.3) is 0 Å². The summed E-state index contributed by atoms with van der Waals surface area (Å²) in [6, 6.07) is 16.3. The molecule has 0 saturated carbocycles. The van der Waals surface area contributed by atoms with E-state index in [2.05, 4.69) is 22.3 Å². The summed E-state index contributed by atoms with van der Waals surface area (Å²) in [5.41, 5.74) is 1.79. The molecule has 1 amide bonds. The molecule has 4 heteroatoms. The molecule has 0 radical (unpaired) electrons. The number of nitrogens with zero attached hydrogens (tertiary/aromatic N) is 1. The molecule has 1 fully saturated rings. The van der Waals surface area contributed by atoms with E-state index in [0.717, 1.165) is 32.5 Å². The average Bonchev–Trinajstić information content (AvgIpc) is 2.56. The molecule has 1 atom stereocenters. The third kappa shape index (κ3) is 4.39. The Morgan fingerprint density at radius 2 is 2.00 bits per heavy atom. The topological polar surface area (TPSA) is 32.3 Å². The Labute approximate surface area is 136 Å². The highest BCUT2D eigenvalue weighted by Crippen LogP contribution is 2.20. The van der Waals surface area contributed by atoms with E-state index in [1.807, 2.05) is 18.2 Å². The summed E-state index contributed by atoms with van der Waals surface area (Å²) in [5.74, 6) is -0.402. The third-order valence-electron chi connectivity index (χ3n) is 4.22. The van der Waals surface area contributed by atoms with Gasteiger partial charge in [-0.25, -0.2) is 4.39 Å². The minimum Gasteiger partial charge on any atom is -0.326 e. The molecule has 120 valence electrons. The lowest BCUT2D eigenvalue weighted by Gasteiger charge is -2.32. The highest BCUT2D eigenvalue weighted by atomic mass is 19.1. The Hall–Kier alpha value is -2.20. The van der Waals surface area contributed by atoms with Gasteiger partial charge in [0.2, 0.25) is 5.91 Å². The minimum atomic E-state index is -0.336. The molecule has 1 N–H and O–H groups in total. The van der Waals surface area contributed by atoms with Gasteiger partial charge in [-0.2, -0.15) is 0 Å². The quantitative estimate of drug-likeness (QED) is 0.934. The van der Waals surface area contributed by atoms with Crippen molar-refractivity contribution < 1.29 is 9.18 Å². The molecule has 23 heavy (non-hydrogen) atoms. The molecule has 3 nitrogen and oxygen atoms in total. The number of piperidine rings is 1.